The van der Waals surface area contributed by atoms with E-state index in [0.29, 0.717) is 26.6 Å². The molecule has 0 aromatic carbocycles. The van der Waals surface area contributed by atoms with Gasteiger partial charge in [-0.2, -0.15) is 0 Å². The summed E-state index contributed by atoms with van der Waals surface area (Å²) in [5.74, 6) is -0.582. The van der Waals surface area contributed by atoms with Gasteiger partial charge in [-0.25, -0.2) is 4.79 Å². The lowest BCUT2D eigenvalue weighted by atomic mass is 10.0. The zero-order valence-corrected chi connectivity index (χ0v) is 21.6. The molecule has 0 atom stereocenters. The summed E-state index contributed by atoms with van der Waals surface area (Å²) >= 11 is 3.97. The number of carbonyl (C=O) groups excluding carboxylic acids is 3. The average molecular weight is 511 g/mol. The molecule has 0 saturated carbocycles. The smallest absolute Gasteiger partial charge is 0.341 e. The molecule has 11 heteroatoms. The van der Waals surface area contributed by atoms with Crippen molar-refractivity contribution in [3.05, 3.63) is 16.0 Å². The number of nitrogens with one attached hydrogen (secondary N) is 2. The first-order valence-corrected chi connectivity index (χ1v) is 14.0. The molecule has 1 aliphatic rings. The van der Waals surface area contributed by atoms with Gasteiger partial charge in [-0.15, -0.1) is 21.5 Å². The van der Waals surface area contributed by atoms with Gasteiger partial charge in [0, 0.05) is 10.8 Å². The standard InChI is InChI=1S/C22H30N4O4S3/c1-4-13(5-2)18(28)24-21-25-26-22(33-21)31-12-16(27)23-19-17(20(29)30-6-3)14-10-8-7-9-11-15(14)32-19/h13H,4-12H2,1-3H3,(H,23,27)(H,24,25,28). The fourth-order valence-corrected chi connectivity index (χ4v) is 6.57. The van der Waals surface area contributed by atoms with E-state index in [2.05, 4.69) is 20.8 Å². The van der Waals surface area contributed by atoms with Crippen molar-refractivity contribution in [2.45, 2.75) is 70.1 Å². The minimum absolute atomic E-state index is 0.0507. The van der Waals surface area contributed by atoms with E-state index in [-0.39, 0.29) is 29.5 Å². The molecule has 3 rings (SSSR count). The lowest BCUT2D eigenvalue weighted by Crippen LogP contribution is -2.21. The number of carbonyl (C=O) groups is 3. The SMILES string of the molecule is CCOC(=O)c1c(NC(=O)CSc2nnc(NC(=O)C(CC)CC)s2)sc2c1CCCCC2. The van der Waals surface area contributed by atoms with Crippen LogP contribution in [-0.2, 0) is 27.2 Å². The Morgan fingerprint density at radius 1 is 1.03 bits per heavy atom. The van der Waals surface area contributed by atoms with Crippen LogP contribution in [0.5, 0.6) is 0 Å². The highest BCUT2D eigenvalue weighted by Gasteiger charge is 2.26. The highest BCUT2D eigenvalue weighted by atomic mass is 32.2. The molecular weight excluding hydrogens is 480 g/mol. The lowest BCUT2D eigenvalue weighted by Gasteiger charge is -2.09. The van der Waals surface area contributed by atoms with Gasteiger partial charge in [-0.3, -0.25) is 9.59 Å². The van der Waals surface area contributed by atoms with Gasteiger partial charge in [0.2, 0.25) is 16.9 Å². The molecule has 0 aliphatic heterocycles. The zero-order chi connectivity index (χ0) is 23.8. The van der Waals surface area contributed by atoms with Gasteiger partial charge >= 0.3 is 5.97 Å². The van der Waals surface area contributed by atoms with Gasteiger partial charge < -0.3 is 15.4 Å². The van der Waals surface area contributed by atoms with Gasteiger partial charge in [-0.05, 0) is 51.0 Å². The fourth-order valence-electron chi connectivity index (χ4n) is 3.73. The largest absolute Gasteiger partial charge is 0.462 e. The van der Waals surface area contributed by atoms with E-state index in [9.17, 15) is 14.4 Å². The van der Waals surface area contributed by atoms with Crippen LogP contribution in [0.4, 0.5) is 10.1 Å². The quantitative estimate of drug-likeness (QED) is 0.197. The van der Waals surface area contributed by atoms with E-state index < -0.39 is 0 Å². The molecule has 8 nitrogen and oxygen atoms in total. The summed E-state index contributed by atoms with van der Waals surface area (Å²) in [6.45, 7) is 6.03. The second kappa shape index (κ2) is 12.5. The van der Waals surface area contributed by atoms with Crippen molar-refractivity contribution in [1.82, 2.24) is 10.2 Å². The Balaban J connectivity index is 1.62. The Bertz CT molecular complexity index is 984. The molecule has 2 amide bonds. The van der Waals surface area contributed by atoms with Crippen molar-refractivity contribution in [1.29, 1.82) is 0 Å². The van der Waals surface area contributed by atoms with Crippen LogP contribution in [0.15, 0.2) is 4.34 Å². The van der Waals surface area contributed by atoms with Crippen LogP contribution in [0.3, 0.4) is 0 Å². The number of thiophene rings is 1. The molecule has 0 saturated heterocycles. The van der Waals surface area contributed by atoms with Crippen LogP contribution < -0.4 is 10.6 Å². The minimum atomic E-state index is -0.373. The molecule has 0 fully saturated rings. The molecule has 0 unspecified atom stereocenters. The first-order chi connectivity index (χ1) is 16.0. The van der Waals surface area contributed by atoms with Crippen molar-refractivity contribution in [2.75, 3.05) is 23.0 Å². The summed E-state index contributed by atoms with van der Waals surface area (Å²) < 4.78 is 5.87. The summed E-state index contributed by atoms with van der Waals surface area (Å²) in [6, 6.07) is 0. The van der Waals surface area contributed by atoms with E-state index in [4.69, 9.17) is 4.74 Å². The molecule has 0 radical (unpaired) electrons. The number of esters is 1. The number of hydrogen-bond donors (Lipinski definition) is 2. The maximum Gasteiger partial charge on any atom is 0.341 e. The Hall–Kier alpha value is -1.98. The number of hydrogen-bond acceptors (Lipinski definition) is 9. The number of fused-ring (bicyclic) bond motifs is 1. The third-order valence-electron chi connectivity index (χ3n) is 5.47. The zero-order valence-electron chi connectivity index (χ0n) is 19.2. The van der Waals surface area contributed by atoms with Gasteiger partial charge in [0.25, 0.3) is 0 Å². The van der Waals surface area contributed by atoms with Crippen LogP contribution in [-0.4, -0.2) is 40.3 Å². The maximum absolute atomic E-state index is 12.7. The highest BCUT2D eigenvalue weighted by molar-refractivity contribution is 8.01. The molecule has 0 bridgehead atoms. The number of ether oxygens (including phenoxy) is 1. The van der Waals surface area contributed by atoms with E-state index in [0.717, 1.165) is 50.5 Å². The summed E-state index contributed by atoms with van der Waals surface area (Å²) in [5.41, 5.74) is 1.54. The fraction of sp³-hybridized carbons (Fsp3) is 0.591. The van der Waals surface area contributed by atoms with Gasteiger partial charge in [0.05, 0.1) is 17.9 Å². The lowest BCUT2D eigenvalue weighted by molar-refractivity contribution is -0.120. The second-order valence-corrected chi connectivity index (χ2v) is 11.0. The third kappa shape index (κ3) is 6.77. The monoisotopic (exact) mass is 510 g/mol. The normalized spacial score (nSPS) is 13.3. The number of thioether (sulfide) groups is 1. The Morgan fingerprint density at radius 2 is 1.79 bits per heavy atom. The Labute approximate surface area is 206 Å². The number of rotatable bonds is 10. The van der Waals surface area contributed by atoms with Crippen molar-refractivity contribution in [3.8, 4) is 0 Å². The van der Waals surface area contributed by atoms with Crippen LogP contribution in [0.2, 0.25) is 0 Å². The predicted octanol–water partition coefficient (Wildman–Crippen LogP) is 5.15. The molecule has 2 aromatic rings. The molecule has 2 N–H and O–H groups in total. The van der Waals surface area contributed by atoms with Crippen LogP contribution in [0.25, 0.3) is 0 Å². The summed E-state index contributed by atoms with van der Waals surface area (Å²) in [6.07, 6.45) is 6.56. The maximum atomic E-state index is 12.7. The second-order valence-electron chi connectivity index (χ2n) is 7.70. The summed E-state index contributed by atoms with van der Waals surface area (Å²) in [4.78, 5) is 38.7. The number of aryl methyl sites for hydroxylation is 1. The van der Waals surface area contributed by atoms with E-state index in [1.54, 1.807) is 6.92 Å². The van der Waals surface area contributed by atoms with E-state index >= 15 is 0 Å². The topological polar surface area (TPSA) is 110 Å². The minimum Gasteiger partial charge on any atom is -0.462 e. The van der Waals surface area contributed by atoms with Crippen molar-refractivity contribution >= 4 is 62.4 Å². The van der Waals surface area contributed by atoms with Crippen LogP contribution >= 0.6 is 34.4 Å². The molecule has 1 aliphatic carbocycles. The van der Waals surface area contributed by atoms with Crippen molar-refractivity contribution in [3.63, 3.8) is 0 Å². The van der Waals surface area contributed by atoms with E-state index in [1.807, 2.05) is 13.8 Å². The predicted molar refractivity (Wildman–Crippen MR) is 133 cm³/mol. The Kier molecular flexibility index (Phi) is 9.69. The van der Waals surface area contributed by atoms with Crippen LogP contribution in [0, 0.1) is 5.92 Å². The average Bonchev–Trinajstić information content (AvgIpc) is 3.30. The van der Waals surface area contributed by atoms with Crippen LogP contribution in [0.1, 0.15) is 73.7 Å². The summed E-state index contributed by atoms with van der Waals surface area (Å²) in [7, 11) is 0. The van der Waals surface area contributed by atoms with Crippen molar-refractivity contribution in [2.24, 2.45) is 5.92 Å². The first kappa shape index (κ1) is 25.6. The molecule has 33 heavy (non-hydrogen) atoms. The first-order valence-electron chi connectivity index (χ1n) is 11.3. The number of aromatic nitrogens is 2. The Morgan fingerprint density at radius 3 is 2.52 bits per heavy atom. The molecule has 2 aromatic heterocycles. The number of anilines is 2. The summed E-state index contributed by atoms with van der Waals surface area (Å²) in [5, 5.41) is 14.8. The molecule has 0 spiro atoms. The van der Waals surface area contributed by atoms with Gasteiger partial charge in [0.1, 0.15) is 5.00 Å². The van der Waals surface area contributed by atoms with Gasteiger partial charge in [-0.1, -0.05) is 43.4 Å². The highest BCUT2D eigenvalue weighted by Crippen LogP contribution is 2.38. The van der Waals surface area contributed by atoms with Crippen molar-refractivity contribution < 1.29 is 19.1 Å². The molecular formula is C22H30N4O4S3. The molecule has 180 valence electrons. The molecule has 2 heterocycles. The van der Waals surface area contributed by atoms with E-state index in [1.165, 1.54) is 39.3 Å². The number of nitrogens with zero attached hydrogens (tertiary/aromatic N) is 2. The van der Waals surface area contributed by atoms with Gasteiger partial charge in [0.15, 0.2) is 4.34 Å². The number of amides is 2. The third-order valence-corrected chi connectivity index (χ3v) is 8.65.